The minimum Gasteiger partial charge on any atom is -0.394 e. The summed E-state index contributed by atoms with van der Waals surface area (Å²) in [4.78, 5) is 20.5. The Labute approximate surface area is 146 Å². The predicted molar refractivity (Wildman–Crippen MR) is 92.6 cm³/mol. The van der Waals surface area contributed by atoms with Crippen LogP contribution in [0.25, 0.3) is 11.1 Å². The van der Waals surface area contributed by atoms with Gasteiger partial charge in [0.2, 0.25) is 5.91 Å². The quantitative estimate of drug-likeness (QED) is 0.624. The summed E-state index contributed by atoms with van der Waals surface area (Å²) in [5.41, 5.74) is 3.63. The van der Waals surface area contributed by atoms with Crippen molar-refractivity contribution in [1.82, 2.24) is 20.6 Å². The third-order valence-corrected chi connectivity index (χ3v) is 4.46. The Morgan fingerprint density at radius 1 is 1.40 bits per heavy atom. The molecule has 0 aliphatic carbocycles. The standard InChI is InChI=1S/C18H22N4O3/c1-11-15(8-19-10-21-11)12-2-4-13(5-3-12)17(9-23)22-18(25)16-6-14(24)7-20-16/h2-5,8,10,14,16-17,20,23-24H,6-7,9H2,1H3,(H,22,25)/t14-,16+,17+/m1/s1. The van der Waals surface area contributed by atoms with Crippen LogP contribution in [0.15, 0.2) is 36.8 Å². The Hall–Kier alpha value is -2.35. The number of carbonyl (C=O) groups is 1. The number of rotatable bonds is 5. The molecule has 3 rings (SSSR count). The SMILES string of the molecule is Cc1ncncc1-c1ccc([C@H](CO)NC(=O)[C@@H]2C[C@@H](O)CN2)cc1. The van der Waals surface area contributed by atoms with E-state index in [0.29, 0.717) is 13.0 Å². The lowest BCUT2D eigenvalue weighted by Crippen LogP contribution is -2.42. The molecule has 0 saturated carbocycles. The Balaban J connectivity index is 1.71. The Morgan fingerprint density at radius 3 is 2.76 bits per heavy atom. The summed E-state index contributed by atoms with van der Waals surface area (Å²) in [6, 6.07) is 6.68. The highest BCUT2D eigenvalue weighted by Crippen LogP contribution is 2.23. The molecular weight excluding hydrogens is 320 g/mol. The van der Waals surface area contributed by atoms with E-state index in [0.717, 1.165) is 22.4 Å². The number of nitrogens with one attached hydrogen (secondary N) is 2. The number of hydrogen-bond acceptors (Lipinski definition) is 6. The molecule has 0 bridgehead atoms. The van der Waals surface area contributed by atoms with Crippen LogP contribution < -0.4 is 10.6 Å². The van der Waals surface area contributed by atoms with Crippen molar-refractivity contribution in [3.05, 3.63) is 48.0 Å². The van der Waals surface area contributed by atoms with Crippen molar-refractivity contribution in [3.63, 3.8) is 0 Å². The largest absolute Gasteiger partial charge is 0.394 e. The van der Waals surface area contributed by atoms with E-state index in [-0.39, 0.29) is 12.5 Å². The number of aryl methyl sites for hydroxylation is 1. The number of aliphatic hydroxyl groups excluding tert-OH is 2. The first-order valence-electron chi connectivity index (χ1n) is 8.28. The third kappa shape index (κ3) is 4.01. The van der Waals surface area contributed by atoms with Gasteiger partial charge in [-0.1, -0.05) is 24.3 Å². The van der Waals surface area contributed by atoms with Gasteiger partial charge in [-0.2, -0.15) is 0 Å². The van der Waals surface area contributed by atoms with Gasteiger partial charge in [0.1, 0.15) is 6.33 Å². The molecule has 1 fully saturated rings. The zero-order valence-electron chi connectivity index (χ0n) is 14.0. The van der Waals surface area contributed by atoms with Gasteiger partial charge in [-0.3, -0.25) is 4.79 Å². The van der Waals surface area contributed by atoms with Gasteiger partial charge < -0.3 is 20.8 Å². The molecular formula is C18H22N4O3. The molecule has 0 unspecified atom stereocenters. The average Bonchev–Trinajstić information content (AvgIpc) is 3.07. The highest BCUT2D eigenvalue weighted by molar-refractivity contribution is 5.82. The zero-order chi connectivity index (χ0) is 17.8. The molecule has 1 saturated heterocycles. The van der Waals surface area contributed by atoms with E-state index >= 15 is 0 Å². The number of carbonyl (C=O) groups excluding carboxylic acids is 1. The lowest BCUT2D eigenvalue weighted by molar-refractivity contribution is -0.124. The summed E-state index contributed by atoms with van der Waals surface area (Å²) in [5.74, 6) is -0.216. The molecule has 25 heavy (non-hydrogen) atoms. The molecule has 2 aromatic rings. The first kappa shape index (κ1) is 17.5. The summed E-state index contributed by atoms with van der Waals surface area (Å²) in [5, 5.41) is 25.0. The second-order valence-electron chi connectivity index (χ2n) is 6.24. The van der Waals surface area contributed by atoms with E-state index in [9.17, 15) is 15.0 Å². The molecule has 3 atom stereocenters. The minimum atomic E-state index is -0.501. The molecule has 132 valence electrons. The van der Waals surface area contributed by atoms with Gasteiger partial charge in [0.25, 0.3) is 0 Å². The van der Waals surface area contributed by atoms with Crippen LogP contribution in [-0.2, 0) is 4.79 Å². The predicted octanol–water partition coefficient (Wildman–Crippen LogP) is 0.324. The number of nitrogens with zero attached hydrogens (tertiary/aromatic N) is 2. The highest BCUT2D eigenvalue weighted by atomic mass is 16.3. The van der Waals surface area contributed by atoms with Crippen molar-refractivity contribution >= 4 is 5.91 Å². The van der Waals surface area contributed by atoms with Crippen molar-refractivity contribution in [3.8, 4) is 11.1 Å². The third-order valence-electron chi connectivity index (χ3n) is 4.46. The van der Waals surface area contributed by atoms with E-state index in [2.05, 4.69) is 20.6 Å². The van der Waals surface area contributed by atoms with E-state index < -0.39 is 18.2 Å². The molecule has 1 aromatic heterocycles. The summed E-state index contributed by atoms with van der Waals surface area (Å²) in [6.45, 7) is 2.13. The number of aromatic nitrogens is 2. The maximum Gasteiger partial charge on any atom is 0.237 e. The lowest BCUT2D eigenvalue weighted by Gasteiger charge is -2.20. The van der Waals surface area contributed by atoms with Gasteiger partial charge in [0.15, 0.2) is 0 Å². The molecule has 2 heterocycles. The number of hydrogen-bond donors (Lipinski definition) is 4. The van der Waals surface area contributed by atoms with Crippen LogP contribution in [0.1, 0.15) is 23.7 Å². The van der Waals surface area contributed by atoms with Crippen LogP contribution in [0.2, 0.25) is 0 Å². The molecule has 7 heteroatoms. The van der Waals surface area contributed by atoms with Crippen molar-refractivity contribution < 1.29 is 15.0 Å². The fourth-order valence-electron chi connectivity index (χ4n) is 2.99. The smallest absolute Gasteiger partial charge is 0.237 e. The van der Waals surface area contributed by atoms with Gasteiger partial charge in [0.05, 0.1) is 24.8 Å². The van der Waals surface area contributed by atoms with Crippen LogP contribution >= 0.6 is 0 Å². The van der Waals surface area contributed by atoms with E-state index in [1.807, 2.05) is 31.2 Å². The molecule has 1 aliphatic rings. The number of benzene rings is 1. The van der Waals surface area contributed by atoms with E-state index in [1.54, 1.807) is 6.20 Å². The lowest BCUT2D eigenvalue weighted by atomic mass is 10.0. The first-order chi connectivity index (χ1) is 12.1. The molecule has 7 nitrogen and oxygen atoms in total. The van der Waals surface area contributed by atoms with Gasteiger partial charge in [0, 0.05) is 24.0 Å². The van der Waals surface area contributed by atoms with Gasteiger partial charge in [-0.25, -0.2) is 9.97 Å². The fourth-order valence-corrected chi connectivity index (χ4v) is 2.99. The molecule has 0 radical (unpaired) electrons. The van der Waals surface area contributed by atoms with Crippen LogP contribution in [0.3, 0.4) is 0 Å². The number of amides is 1. The molecule has 0 spiro atoms. The van der Waals surface area contributed by atoms with E-state index in [1.165, 1.54) is 6.33 Å². The normalized spacial score (nSPS) is 21.1. The monoisotopic (exact) mass is 342 g/mol. The molecule has 1 aliphatic heterocycles. The zero-order valence-corrected chi connectivity index (χ0v) is 14.0. The molecule has 1 aromatic carbocycles. The maximum atomic E-state index is 12.3. The van der Waals surface area contributed by atoms with E-state index in [4.69, 9.17) is 0 Å². The van der Waals surface area contributed by atoms with Crippen LogP contribution in [0.5, 0.6) is 0 Å². The van der Waals surface area contributed by atoms with Crippen molar-refractivity contribution in [2.24, 2.45) is 0 Å². The van der Waals surface area contributed by atoms with Crippen molar-refractivity contribution in [2.45, 2.75) is 31.5 Å². The summed E-state index contributed by atoms with van der Waals surface area (Å²) in [6.07, 6.45) is 3.16. The molecule has 4 N–H and O–H groups in total. The average molecular weight is 342 g/mol. The fraction of sp³-hybridized carbons (Fsp3) is 0.389. The van der Waals surface area contributed by atoms with Crippen LogP contribution in [0, 0.1) is 6.92 Å². The Bertz CT molecular complexity index is 735. The topological polar surface area (TPSA) is 107 Å². The highest BCUT2D eigenvalue weighted by Gasteiger charge is 2.29. The van der Waals surface area contributed by atoms with Gasteiger partial charge in [-0.15, -0.1) is 0 Å². The number of aliphatic hydroxyl groups is 2. The Kier molecular flexibility index (Phi) is 5.37. The van der Waals surface area contributed by atoms with Gasteiger partial charge >= 0.3 is 0 Å². The molecule has 1 amide bonds. The van der Waals surface area contributed by atoms with Gasteiger partial charge in [-0.05, 0) is 24.5 Å². The Morgan fingerprint density at radius 2 is 2.16 bits per heavy atom. The van der Waals surface area contributed by atoms with Crippen LogP contribution in [0.4, 0.5) is 0 Å². The minimum absolute atomic E-state index is 0.201. The second kappa shape index (κ2) is 7.69. The summed E-state index contributed by atoms with van der Waals surface area (Å²) >= 11 is 0. The summed E-state index contributed by atoms with van der Waals surface area (Å²) < 4.78 is 0. The van der Waals surface area contributed by atoms with Crippen molar-refractivity contribution in [1.29, 1.82) is 0 Å². The first-order valence-corrected chi connectivity index (χ1v) is 8.28. The maximum absolute atomic E-state index is 12.3. The second-order valence-corrected chi connectivity index (χ2v) is 6.24. The van der Waals surface area contributed by atoms with Crippen LogP contribution in [-0.4, -0.2) is 51.4 Å². The number of β-amino-alcohol motifs (C(OH)–C–C–N with tert-alkyl or cyclic N) is 1. The van der Waals surface area contributed by atoms with Crippen molar-refractivity contribution in [2.75, 3.05) is 13.2 Å². The summed E-state index contributed by atoms with van der Waals surface area (Å²) in [7, 11) is 0.